The van der Waals surface area contributed by atoms with Gasteiger partial charge in [0.1, 0.15) is 5.00 Å². The predicted octanol–water partition coefficient (Wildman–Crippen LogP) is 1.23. The zero-order valence-electron chi connectivity index (χ0n) is 14.6. The average molecular weight is 382 g/mol. The fraction of sp³-hybridized carbons (Fsp3) is 0.562. The summed E-state index contributed by atoms with van der Waals surface area (Å²) in [5.74, 6) is -0.549. The summed E-state index contributed by atoms with van der Waals surface area (Å²) >= 11 is 1.33. The third kappa shape index (κ3) is 3.75. The molecule has 1 saturated heterocycles. The van der Waals surface area contributed by atoms with E-state index in [0.717, 1.165) is 10.4 Å². The number of piperazine rings is 1. The van der Waals surface area contributed by atoms with E-state index in [1.165, 1.54) is 11.3 Å². The number of hydrogen-bond acceptors (Lipinski definition) is 6. The van der Waals surface area contributed by atoms with Gasteiger partial charge in [0, 0.05) is 31.1 Å². The lowest BCUT2D eigenvalue weighted by Gasteiger charge is -2.33. The van der Waals surface area contributed by atoms with Crippen LogP contribution in [-0.2, 0) is 22.5 Å². The minimum Gasteiger partial charge on any atom is -0.450 e. The molecule has 2 aliphatic heterocycles. The van der Waals surface area contributed by atoms with Crippen LogP contribution in [0.3, 0.4) is 0 Å². The molecule has 0 aromatic carbocycles. The topological polar surface area (TPSA) is 114 Å². The fourth-order valence-electron chi connectivity index (χ4n) is 3.06. The summed E-state index contributed by atoms with van der Waals surface area (Å²) < 4.78 is 10.4. The van der Waals surface area contributed by atoms with E-state index < -0.39 is 5.91 Å². The van der Waals surface area contributed by atoms with Crippen molar-refractivity contribution in [2.24, 2.45) is 5.73 Å². The van der Waals surface area contributed by atoms with Crippen LogP contribution in [0.25, 0.3) is 0 Å². The molecule has 0 saturated carbocycles. The number of carbonyl (C=O) groups excluding carboxylic acids is 3. The number of hydrogen-bond donors (Lipinski definition) is 2. The van der Waals surface area contributed by atoms with Crippen molar-refractivity contribution in [1.29, 1.82) is 0 Å². The lowest BCUT2D eigenvalue weighted by Crippen LogP contribution is -2.51. The lowest BCUT2D eigenvalue weighted by atomic mass is 10.1. The van der Waals surface area contributed by atoms with Crippen LogP contribution >= 0.6 is 11.3 Å². The van der Waals surface area contributed by atoms with Gasteiger partial charge in [-0.2, -0.15) is 0 Å². The summed E-state index contributed by atoms with van der Waals surface area (Å²) in [7, 11) is 0. The number of thiophene rings is 1. The SMILES string of the molecule is CCOC(=O)N1CCN(C(=O)Nc2sc3c(c2C(N)=O)CCOC3)CC1. The molecule has 3 heterocycles. The van der Waals surface area contributed by atoms with Gasteiger partial charge in [0.05, 0.1) is 25.4 Å². The average Bonchev–Trinajstić information content (AvgIpc) is 3.00. The van der Waals surface area contributed by atoms with Crippen LogP contribution in [-0.4, -0.2) is 67.2 Å². The first-order chi connectivity index (χ1) is 12.5. The van der Waals surface area contributed by atoms with Crippen molar-refractivity contribution in [2.45, 2.75) is 20.0 Å². The van der Waals surface area contributed by atoms with Crippen LogP contribution in [0.5, 0.6) is 0 Å². The smallest absolute Gasteiger partial charge is 0.409 e. The number of nitrogens with two attached hydrogens (primary N) is 1. The van der Waals surface area contributed by atoms with Crippen molar-refractivity contribution < 1.29 is 23.9 Å². The molecule has 10 heteroatoms. The zero-order valence-corrected chi connectivity index (χ0v) is 15.4. The summed E-state index contributed by atoms with van der Waals surface area (Å²) in [4.78, 5) is 40.2. The Morgan fingerprint density at radius 1 is 1.23 bits per heavy atom. The number of urea groups is 1. The molecule has 4 amide bonds. The van der Waals surface area contributed by atoms with Crippen molar-refractivity contribution in [3.8, 4) is 0 Å². The second-order valence-corrected chi connectivity index (χ2v) is 7.08. The van der Waals surface area contributed by atoms with E-state index in [2.05, 4.69) is 5.32 Å². The molecule has 9 nitrogen and oxygen atoms in total. The molecular formula is C16H22N4O5S. The van der Waals surface area contributed by atoms with Gasteiger partial charge in [-0.05, 0) is 18.9 Å². The Bertz CT molecular complexity index is 712. The molecule has 0 spiro atoms. The quantitative estimate of drug-likeness (QED) is 0.816. The van der Waals surface area contributed by atoms with Crippen molar-refractivity contribution in [3.63, 3.8) is 0 Å². The monoisotopic (exact) mass is 382 g/mol. The molecule has 0 unspecified atom stereocenters. The van der Waals surface area contributed by atoms with Gasteiger partial charge in [-0.3, -0.25) is 10.1 Å². The van der Waals surface area contributed by atoms with Crippen LogP contribution in [0.1, 0.15) is 27.7 Å². The molecule has 3 N–H and O–H groups in total. The first kappa shape index (κ1) is 18.5. The lowest BCUT2D eigenvalue weighted by molar-refractivity contribution is 0.0868. The minimum atomic E-state index is -0.549. The van der Waals surface area contributed by atoms with Gasteiger partial charge in [-0.1, -0.05) is 0 Å². The molecule has 142 valence electrons. The predicted molar refractivity (Wildman–Crippen MR) is 95.4 cm³/mol. The number of primary amides is 1. The maximum absolute atomic E-state index is 12.6. The number of nitrogens with one attached hydrogen (secondary N) is 1. The molecule has 2 aliphatic rings. The van der Waals surface area contributed by atoms with E-state index in [1.807, 2.05) is 0 Å². The number of rotatable bonds is 3. The second kappa shape index (κ2) is 7.92. The number of fused-ring (bicyclic) bond motifs is 1. The summed E-state index contributed by atoms with van der Waals surface area (Å²) in [5.41, 5.74) is 6.77. The van der Waals surface area contributed by atoms with Crippen molar-refractivity contribution in [1.82, 2.24) is 9.80 Å². The Hall–Kier alpha value is -2.33. The Labute approximate surface area is 155 Å². The number of ether oxygens (including phenoxy) is 2. The summed E-state index contributed by atoms with van der Waals surface area (Å²) in [6.45, 7) is 4.64. The molecule has 0 bridgehead atoms. The molecule has 0 radical (unpaired) electrons. The molecule has 3 rings (SSSR count). The Kier molecular flexibility index (Phi) is 5.62. The van der Waals surface area contributed by atoms with Gasteiger partial charge in [0.25, 0.3) is 5.91 Å². The van der Waals surface area contributed by atoms with Crippen molar-refractivity contribution >= 4 is 34.4 Å². The first-order valence-corrected chi connectivity index (χ1v) is 9.32. The minimum absolute atomic E-state index is 0.310. The Morgan fingerprint density at radius 2 is 1.92 bits per heavy atom. The normalized spacial score (nSPS) is 16.8. The molecule has 1 aromatic heterocycles. The Balaban J connectivity index is 1.65. The standard InChI is InChI=1S/C16H22N4O5S/c1-2-25-16(23)20-6-4-19(5-7-20)15(22)18-14-12(13(17)21)10-3-8-24-9-11(10)26-14/h2-9H2,1H3,(H2,17,21)(H,18,22). The van der Waals surface area contributed by atoms with Gasteiger partial charge in [0.2, 0.25) is 0 Å². The van der Waals surface area contributed by atoms with Crippen LogP contribution in [0.4, 0.5) is 14.6 Å². The highest BCUT2D eigenvalue weighted by Crippen LogP contribution is 2.36. The highest BCUT2D eigenvalue weighted by atomic mass is 32.1. The number of carbonyl (C=O) groups is 3. The molecule has 0 atom stereocenters. The van der Waals surface area contributed by atoms with E-state index in [4.69, 9.17) is 15.2 Å². The summed E-state index contributed by atoms with van der Waals surface area (Å²) in [6.07, 6.45) is 0.243. The fourth-order valence-corrected chi connectivity index (χ4v) is 4.24. The van der Waals surface area contributed by atoms with E-state index >= 15 is 0 Å². The first-order valence-electron chi connectivity index (χ1n) is 8.51. The van der Waals surface area contributed by atoms with Crippen LogP contribution in [0.15, 0.2) is 0 Å². The molecule has 1 fully saturated rings. The Morgan fingerprint density at radius 3 is 2.58 bits per heavy atom. The molecule has 26 heavy (non-hydrogen) atoms. The summed E-state index contributed by atoms with van der Waals surface area (Å²) in [6, 6.07) is -0.310. The largest absolute Gasteiger partial charge is 0.450 e. The maximum atomic E-state index is 12.6. The van der Waals surface area contributed by atoms with Gasteiger partial charge in [0.15, 0.2) is 0 Å². The number of nitrogens with zero attached hydrogens (tertiary/aromatic N) is 2. The molecule has 1 aromatic rings. The highest BCUT2D eigenvalue weighted by molar-refractivity contribution is 7.17. The van der Waals surface area contributed by atoms with Gasteiger partial charge < -0.3 is 25.0 Å². The van der Waals surface area contributed by atoms with Crippen LogP contribution in [0.2, 0.25) is 0 Å². The second-order valence-electron chi connectivity index (χ2n) is 5.98. The zero-order chi connectivity index (χ0) is 18.7. The van der Waals surface area contributed by atoms with E-state index in [0.29, 0.717) is 63.0 Å². The molecule has 0 aliphatic carbocycles. The van der Waals surface area contributed by atoms with Crippen LogP contribution in [0, 0.1) is 0 Å². The van der Waals surface area contributed by atoms with E-state index in [-0.39, 0.29) is 12.1 Å². The van der Waals surface area contributed by atoms with Gasteiger partial charge >= 0.3 is 12.1 Å². The van der Waals surface area contributed by atoms with Crippen molar-refractivity contribution in [2.75, 3.05) is 44.7 Å². The van der Waals surface area contributed by atoms with E-state index in [9.17, 15) is 14.4 Å². The number of amides is 4. The van der Waals surface area contributed by atoms with E-state index in [1.54, 1.807) is 16.7 Å². The number of anilines is 1. The third-order valence-electron chi connectivity index (χ3n) is 4.38. The third-order valence-corrected chi connectivity index (χ3v) is 5.50. The summed E-state index contributed by atoms with van der Waals surface area (Å²) in [5, 5.41) is 3.27. The maximum Gasteiger partial charge on any atom is 0.409 e. The molecular weight excluding hydrogens is 360 g/mol. The highest BCUT2D eigenvalue weighted by Gasteiger charge is 2.28. The van der Waals surface area contributed by atoms with Crippen LogP contribution < -0.4 is 11.1 Å². The van der Waals surface area contributed by atoms with Gasteiger partial charge in [-0.15, -0.1) is 11.3 Å². The van der Waals surface area contributed by atoms with Gasteiger partial charge in [-0.25, -0.2) is 9.59 Å². The van der Waals surface area contributed by atoms with Crippen molar-refractivity contribution in [3.05, 3.63) is 16.0 Å².